The van der Waals surface area contributed by atoms with Gasteiger partial charge in [-0.1, -0.05) is 11.6 Å². The quantitative estimate of drug-likeness (QED) is 0.741. The molecule has 5 nitrogen and oxygen atoms in total. The number of rotatable bonds is 3. The van der Waals surface area contributed by atoms with Crippen LogP contribution in [0.15, 0.2) is 24.5 Å². The second kappa shape index (κ2) is 5.22. The molecule has 2 aromatic heterocycles. The summed E-state index contributed by atoms with van der Waals surface area (Å²) < 4.78 is 36.5. The van der Waals surface area contributed by atoms with Crippen molar-refractivity contribution in [1.82, 2.24) is 18.7 Å². The summed E-state index contributed by atoms with van der Waals surface area (Å²) in [4.78, 5) is 7.80. The highest BCUT2D eigenvalue weighted by Gasteiger charge is 2.13. The van der Waals surface area contributed by atoms with Crippen LogP contribution >= 0.6 is 23.3 Å². The van der Waals surface area contributed by atoms with Gasteiger partial charge in [0.1, 0.15) is 11.0 Å². The molecule has 0 amide bonds. The highest BCUT2D eigenvalue weighted by atomic mass is 35.5. The van der Waals surface area contributed by atoms with E-state index in [0.717, 1.165) is 17.9 Å². The molecule has 0 saturated heterocycles. The van der Waals surface area contributed by atoms with Gasteiger partial charge >= 0.3 is 6.61 Å². The van der Waals surface area contributed by atoms with Crippen LogP contribution in [0, 0.1) is 0 Å². The normalized spacial score (nSPS) is 11.2. The maximum atomic E-state index is 12.0. The first kappa shape index (κ1) is 13.1. The number of nitrogens with zero attached hydrogens (tertiary/aromatic N) is 4. The third-order valence-electron chi connectivity index (χ3n) is 2.48. The van der Waals surface area contributed by atoms with Gasteiger partial charge in [0, 0.05) is 5.56 Å². The summed E-state index contributed by atoms with van der Waals surface area (Å²) in [6.45, 7) is -2.93. The van der Waals surface area contributed by atoms with E-state index in [0.29, 0.717) is 27.3 Å². The van der Waals surface area contributed by atoms with E-state index in [9.17, 15) is 8.78 Å². The van der Waals surface area contributed by atoms with Crippen molar-refractivity contribution in [3.05, 3.63) is 29.5 Å². The van der Waals surface area contributed by atoms with Gasteiger partial charge in [0.25, 0.3) is 0 Å². The minimum Gasteiger partial charge on any atom is -0.415 e. The highest BCUT2D eigenvalue weighted by molar-refractivity contribution is 7.00. The van der Waals surface area contributed by atoms with Gasteiger partial charge in [-0.3, -0.25) is 0 Å². The van der Waals surface area contributed by atoms with Crippen molar-refractivity contribution < 1.29 is 13.5 Å². The molecule has 3 aromatic rings. The Morgan fingerprint density at radius 3 is 2.60 bits per heavy atom. The predicted octanol–water partition coefficient (Wildman–Crippen LogP) is 3.40. The summed E-state index contributed by atoms with van der Waals surface area (Å²) >= 11 is 7.04. The van der Waals surface area contributed by atoms with E-state index in [1.54, 1.807) is 12.1 Å². The van der Waals surface area contributed by atoms with Crippen LogP contribution in [-0.4, -0.2) is 25.3 Å². The fraction of sp³-hybridized carbons (Fsp3) is 0.0909. The molecule has 0 aliphatic heterocycles. The first-order chi connectivity index (χ1) is 9.65. The van der Waals surface area contributed by atoms with Crippen LogP contribution in [0.3, 0.4) is 0 Å². The van der Waals surface area contributed by atoms with Crippen LogP contribution in [0.2, 0.25) is 5.02 Å². The third-order valence-corrected chi connectivity index (χ3v) is 3.31. The largest absolute Gasteiger partial charge is 0.415 e. The lowest BCUT2D eigenvalue weighted by molar-refractivity contribution is -0.0530. The molecular formula is C11H5ClF2N4OS. The lowest BCUT2D eigenvalue weighted by Crippen LogP contribution is -2.04. The first-order valence-corrected chi connectivity index (χ1v) is 6.44. The molecular weight excluding hydrogens is 310 g/mol. The molecule has 2 heterocycles. The van der Waals surface area contributed by atoms with E-state index in [-0.39, 0.29) is 5.88 Å². The van der Waals surface area contributed by atoms with Gasteiger partial charge in [-0.05, 0) is 12.1 Å². The van der Waals surface area contributed by atoms with Crippen molar-refractivity contribution in [1.29, 1.82) is 0 Å². The average molecular weight is 315 g/mol. The van der Waals surface area contributed by atoms with Crippen molar-refractivity contribution in [3.63, 3.8) is 0 Å². The summed E-state index contributed by atoms with van der Waals surface area (Å²) in [5.41, 5.74) is 2.32. The van der Waals surface area contributed by atoms with Crippen LogP contribution in [0.4, 0.5) is 8.78 Å². The topological polar surface area (TPSA) is 60.8 Å². The molecule has 3 rings (SSSR count). The van der Waals surface area contributed by atoms with E-state index in [4.69, 9.17) is 11.6 Å². The number of fused-ring (bicyclic) bond motifs is 1. The number of halogens is 3. The van der Waals surface area contributed by atoms with E-state index in [2.05, 4.69) is 23.5 Å². The fourth-order valence-electron chi connectivity index (χ4n) is 1.65. The van der Waals surface area contributed by atoms with E-state index in [1.807, 2.05) is 0 Å². The molecule has 0 spiro atoms. The lowest BCUT2D eigenvalue weighted by atomic mass is 10.1. The Labute approximate surface area is 120 Å². The van der Waals surface area contributed by atoms with Gasteiger partial charge < -0.3 is 4.74 Å². The second-order valence-electron chi connectivity index (χ2n) is 3.67. The summed E-state index contributed by atoms with van der Waals surface area (Å²) in [5.74, 6) is -0.245. The minimum atomic E-state index is -2.93. The highest BCUT2D eigenvalue weighted by Crippen LogP contribution is 2.30. The van der Waals surface area contributed by atoms with E-state index >= 15 is 0 Å². The Hall–Kier alpha value is -1.93. The zero-order chi connectivity index (χ0) is 14.1. The number of benzene rings is 1. The number of aromatic nitrogens is 4. The molecule has 0 atom stereocenters. The van der Waals surface area contributed by atoms with E-state index < -0.39 is 6.61 Å². The molecule has 0 bridgehead atoms. The molecule has 1 aromatic carbocycles. The molecule has 0 aliphatic carbocycles. The van der Waals surface area contributed by atoms with Crippen molar-refractivity contribution in [2.45, 2.75) is 6.61 Å². The monoisotopic (exact) mass is 314 g/mol. The number of alkyl halides is 2. The number of hydrogen-bond donors (Lipinski definition) is 0. The van der Waals surface area contributed by atoms with Crippen molar-refractivity contribution >= 4 is 34.4 Å². The smallest absolute Gasteiger partial charge is 0.388 e. The lowest BCUT2D eigenvalue weighted by Gasteiger charge is -2.05. The minimum absolute atomic E-state index is 0.245. The SMILES string of the molecule is FC(F)Oc1cnc(-c2ccc(Cl)c3nsnc23)cn1. The summed E-state index contributed by atoms with van der Waals surface area (Å²) in [6, 6.07) is 3.40. The summed E-state index contributed by atoms with van der Waals surface area (Å²) in [5, 5.41) is 0.489. The van der Waals surface area contributed by atoms with Gasteiger partial charge in [0.15, 0.2) is 0 Å². The van der Waals surface area contributed by atoms with Crippen molar-refractivity contribution in [2.24, 2.45) is 0 Å². The molecule has 9 heteroatoms. The van der Waals surface area contributed by atoms with Crippen LogP contribution in [0.25, 0.3) is 22.3 Å². The van der Waals surface area contributed by atoms with Crippen LogP contribution in [-0.2, 0) is 0 Å². The number of hydrogen-bond acceptors (Lipinski definition) is 6. The van der Waals surface area contributed by atoms with Gasteiger partial charge in [0.2, 0.25) is 5.88 Å². The fourth-order valence-corrected chi connectivity index (χ4v) is 2.47. The Balaban J connectivity index is 2.03. The maximum Gasteiger partial charge on any atom is 0.388 e. The second-order valence-corrected chi connectivity index (χ2v) is 4.61. The molecule has 0 saturated carbocycles. The molecule has 102 valence electrons. The van der Waals surface area contributed by atoms with E-state index in [1.165, 1.54) is 6.20 Å². The van der Waals surface area contributed by atoms with Crippen LogP contribution in [0.1, 0.15) is 0 Å². The Morgan fingerprint density at radius 1 is 1.10 bits per heavy atom. The standard InChI is InChI=1S/C11H5ClF2N4OS/c12-6-2-1-5(9-10(6)18-20-17-9)7-3-16-8(4-15-7)19-11(13)14/h1-4,11H. The summed E-state index contributed by atoms with van der Waals surface area (Å²) in [6.07, 6.45) is 2.46. The Kier molecular flexibility index (Phi) is 3.41. The van der Waals surface area contributed by atoms with Crippen molar-refractivity contribution in [3.8, 4) is 17.1 Å². The van der Waals surface area contributed by atoms with Crippen LogP contribution < -0.4 is 4.74 Å². The Bertz CT molecular complexity index is 750. The third kappa shape index (κ3) is 2.39. The average Bonchev–Trinajstić information content (AvgIpc) is 2.90. The molecule has 0 N–H and O–H groups in total. The Morgan fingerprint density at radius 2 is 1.90 bits per heavy atom. The van der Waals surface area contributed by atoms with Crippen molar-refractivity contribution in [2.75, 3.05) is 0 Å². The molecule has 0 unspecified atom stereocenters. The zero-order valence-corrected chi connectivity index (χ0v) is 11.2. The molecule has 0 fully saturated rings. The van der Waals surface area contributed by atoms with Gasteiger partial charge in [-0.2, -0.15) is 17.5 Å². The van der Waals surface area contributed by atoms with Gasteiger partial charge in [-0.15, -0.1) is 0 Å². The predicted molar refractivity (Wildman–Crippen MR) is 70.1 cm³/mol. The summed E-state index contributed by atoms with van der Waals surface area (Å²) in [7, 11) is 0. The van der Waals surface area contributed by atoms with Gasteiger partial charge in [-0.25, -0.2) is 9.97 Å². The zero-order valence-electron chi connectivity index (χ0n) is 9.63. The molecule has 0 aliphatic rings. The first-order valence-electron chi connectivity index (χ1n) is 5.33. The molecule has 0 radical (unpaired) electrons. The van der Waals surface area contributed by atoms with Crippen LogP contribution in [0.5, 0.6) is 5.88 Å². The van der Waals surface area contributed by atoms with Gasteiger partial charge in [0.05, 0.1) is 34.8 Å². The number of ether oxygens (including phenoxy) is 1. The maximum absolute atomic E-state index is 12.0. The molecule has 20 heavy (non-hydrogen) atoms.